The molecule has 1 aromatic rings. The SMILES string of the molecule is COc1cc(C=C2CCC(C)CC2)c(C(=O)O)c(O)c1CC=C(C)C. The molecule has 0 spiro atoms. The van der Waals surface area contributed by atoms with E-state index in [2.05, 4.69) is 6.92 Å². The van der Waals surface area contributed by atoms with E-state index in [9.17, 15) is 15.0 Å². The van der Waals surface area contributed by atoms with E-state index in [1.54, 1.807) is 13.2 Å². The quantitative estimate of drug-likeness (QED) is 0.720. The van der Waals surface area contributed by atoms with Gasteiger partial charge in [-0.2, -0.15) is 0 Å². The third-order valence-electron chi connectivity index (χ3n) is 4.82. The molecule has 1 aliphatic carbocycles. The molecule has 0 aromatic heterocycles. The van der Waals surface area contributed by atoms with Gasteiger partial charge in [-0.15, -0.1) is 0 Å². The molecule has 0 aliphatic heterocycles. The second kappa shape index (κ2) is 8.24. The molecule has 25 heavy (non-hydrogen) atoms. The van der Waals surface area contributed by atoms with Gasteiger partial charge < -0.3 is 14.9 Å². The smallest absolute Gasteiger partial charge is 0.340 e. The van der Waals surface area contributed by atoms with Crippen LogP contribution in [0.5, 0.6) is 11.5 Å². The van der Waals surface area contributed by atoms with Crippen LogP contribution in [0.3, 0.4) is 0 Å². The molecule has 0 saturated heterocycles. The van der Waals surface area contributed by atoms with Crippen molar-refractivity contribution in [1.29, 1.82) is 0 Å². The van der Waals surface area contributed by atoms with Crippen LogP contribution in [0.1, 0.15) is 67.9 Å². The molecule has 0 atom stereocenters. The summed E-state index contributed by atoms with van der Waals surface area (Å²) in [5.74, 6) is -0.0727. The molecule has 0 unspecified atom stereocenters. The van der Waals surface area contributed by atoms with Crippen molar-refractivity contribution in [1.82, 2.24) is 0 Å². The Labute approximate surface area is 149 Å². The van der Waals surface area contributed by atoms with Gasteiger partial charge in [0.15, 0.2) is 0 Å². The summed E-state index contributed by atoms with van der Waals surface area (Å²) in [5.41, 5.74) is 3.33. The molecule has 1 saturated carbocycles. The summed E-state index contributed by atoms with van der Waals surface area (Å²) in [6, 6.07) is 1.74. The van der Waals surface area contributed by atoms with Crippen molar-refractivity contribution in [2.45, 2.75) is 52.9 Å². The minimum absolute atomic E-state index is 0.0379. The molecular formula is C21H28O4. The predicted octanol–water partition coefficient (Wildman–Crippen LogP) is 5.20. The van der Waals surface area contributed by atoms with Gasteiger partial charge in [0, 0.05) is 5.56 Å². The number of aromatic carboxylic acids is 1. The van der Waals surface area contributed by atoms with Crippen molar-refractivity contribution in [3.63, 3.8) is 0 Å². The van der Waals surface area contributed by atoms with Gasteiger partial charge in [0.1, 0.15) is 17.1 Å². The van der Waals surface area contributed by atoms with E-state index in [1.165, 1.54) is 5.57 Å². The van der Waals surface area contributed by atoms with Gasteiger partial charge >= 0.3 is 5.97 Å². The van der Waals surface area contributed by atoms with E-state index in [0.29, 0.717) is 29.2 Å². The highest BCUT2D eigenvalue weighted by Crippen LogP contribution is 2.38. The molecule has 0 bridgehead atoms. The zero-order chi connectivity index (χ0) is 18.6. The first-order chi connectivity index (χ1) is 11.8. The lowest BCUT2D eigenvalue weighted by atomic mass is 9.85. The Morgan fingerprint density at radius 3 is 2.48 bits per heavy atom. The number of allylic oxidation sites excluding steroid dienone is 3. The Morgan fingerprint density at radius 1 is 1.32 bits per heavy atom. The molecule has 0 heterocycles. The van der Waals surface area contributed by atoms with Crippen LogP contribution in [0.4, 0.5) is 0 Å². The number of aromatic hydroxyl groups is 1. The van der Waals surface area contributed by atoms with Gasteiger partial charge in [0.05, 0.1) is 7.11 Å². The maximum absolute atomic E-state index is 11.8. The normalized spacial score (nSPS) is 17.1. The van der Waals surface area contributed by atoms with Crippen LogP contribution < -0.4 is 4.74 Å². The van der Waals surface area contributed by atoms with Gasteiger partial charge in [0.2, 0.25) is 0 Å². The summed E-state index contributed by atoms with van der Waals surface area (Å²) < 4.78 is 5.43. The van der Waals surface area contributed by atoms with Crippen LogP contribution in [0, 0.1) is 5.92 Å². The molecule has 1 aromatic carbocycles. The number of carboxylic acids is 1. The number of methoxy groups -OCH3 is 1. The van der Waals surface area contributed by atoms with Crippen LogP contribution in [-0.4, -0.2) is 23.3 Å². The first-order valence-corrected chi connectivity index (χ1v) is 8.82. The average Bonchev–Trinajstić information content (AvgIpc) is 2.55. The maximum atomic E-state index is 11.8. The first-order valence-electron chi connectivity index (χ1n) is 8.82. The largest absolute Gasteiger partial charge is 0.507 e. The van der Waals surface area contributed by atoms with Crippen molar-refractivity contribution in [2.24, 2.45) is 5.92 Å². The highest BCUT2D eigenvalue weighted by atomic mass is 16.5. The highest BCUT2D eigenvalue weighted by Gasteiger charge is 2.22. The van der Waals surface area contributed by atoms with E-state index in [-0.39, 0.29) is 11.3 Å². The molecular weight excluding hydrogens is 316 g/mol. The number of carbonyl (C=O) groups is 1. The van der Waals surface area contributed by atoms with E-state index < -0.39 is 5.97 Å². The summed E-state index contributed by atoms with van der Waals surface area (Å²) >= 11 is 0. The molecule has 4 nitrogen and oxygen atoms in total. The summed E-state index contributed by atoms with van der Waals surface area (Å²) in [6.07, 6.45) is 8.50. The van der Waals surface area contributed by atoms with Crippen molar-refractivity contribution >= 4 is 12.0 Å². The van der Waals surface area contributed by atoms with E-state index >= 15 is 0 Å². The zero-order valence-electron chi connectivity index (χ0n) is 15.6. The second-order valence-electron chi connectivity index (χ2n) is 7.15. The standard InChI is InChI=1S/C21H28O4/c1-13(2)5-10-17-18(25-4)12-16(19(20(17)22)21(23)24)11-15-8-6-14(3)7-9-15/h5,11-12,14,22H,6-10H2,1-4H3,(H,23,24). The van der Waals surface area contributed by atoms with E-state index in [0.717, 1.165) is 31.3 Å². The number of hydrogen-bond acceptors (Lipinski definition) is 3. The monoisotopic (exact) mass is 344 g/mol. The zero-order valence-corrected chi connectivity index (χ0v) is 15.6. The predicted molar refractivity (Wildman–Crippen MR) is 100 cm³/mol. The van der Waals surface area contributed by atoms with Crippen molar-refractivity contribution < 1.29 is 19.7 Å². The first kappa shape index (κ1) is 19.1. The Balaban J connectivity index is 2.52. The minimum atomic E-state index is -1.12. The van der Waals surface area contributed by atoms with Gasteiger partial charge in [-0.05, 0) is 63.5 Å². The summed E-state index contributed by atoms with van der Waals surface area (Å²) in [7, 11) is 1.54. The fourth-order valence-electron chi connectivity index (χ4n) is 3.23. The molecule has 2 rings (SSSR count). The summed E-state index contributed by atoms with van der Waals surface area (Å²) in [6.45, 7) is 6.17. The molecule has 1 aliphatic rings. The highest BCUT2D eigenvalue weighted by molar-refractivity contribution is 5.96. The van der Waals surface area contributed by atoms with Crippen molar-refractivity contribution in [3.05, 3.63) is 40.0 Å². The Bertz CT molecular complexity index is 699. The number of hydrogen-bond donors (Lipinski definition) is 2. The fourth-order valence-corrected chi connectivity index (χ4v) is 3.23. The molecule has 0 radical (unpaired) electrons. The Hall–Kier alpha value is -2.23. The molecule has 4 heteroatoms. The van der Waals surface area contributed by atoms with Gasteiger partial charge in [-0.25, -0.2) is 4.79 Å². The topological polar surface area (TPSA) is 66.8 Å². The fraction of sp³-hybridized carbons (Fsp3) is 0.476. The summed E-state index contributed by atoms with van der Waals surface area (Å²) in [4.78, 5) is 11.8. The number of carboxylic acid groups (broad SMARTS) is 1. The minimum Gasteiger partial charge on any atom is -0.507 e. The van der Waals surface area contributed by atoms with Crippen molar-refractivity contribution in [3.8, 4) is 11.5 Å². The lowest BCUT2D eigenvalue weighted by Crippen LogP contribution is -2.07. The van der Waals surface area contributed by atoms with E-state index in [4.69, 9.17) is 4.74 Å². The lowest BCUT2D eigenvalue weighted by molar-refractivity contribution is 0.0693. The summed E-state index contributed by atoms with van der Waals surface area (Å²) in [5, 5.41) is 20.3. The van der Waals surface area contributed by atoms with Crippen LogP contribution >= 0.6 is 0 Å². The molecule has 2 N–H and O–H groups in total. The van der Waals surface area contributed by atoms with E-state index in [1.807, 2.05) is 26.0 Å². The van der Waals surface area contributed by atoms with Crippen LogP contribution in [0.25, 0.3) is 6.08 Å². The molecule has 1 fully saturated rings. The van der Waals surface area contributed by atoms with Gasteiger partial charge in [0.25, 0.3) is 0 Å². The third kappa shape index (κ3) is 4.65. The van der Waals surface area contributed by atoms with Crippen LogP contribution in [-0.2, 0) is 6.42 Å². The van der Waals surface area contributed by atoms with Crippen molar-refractivity contribution in [2.75, 3.05) is 7.11 Å². The van der Waals surface area contributed by atoms with Crippen LogP contribution in [0.2, 0.25) is 0 Å². The number of rotatable bonds is 5. The van der Waals surface area contributed by atoms with Crippen LogP contribution in [0.15, 0.2) is 23.3 Å². The average molecular weight is 344 g/mol. The van der Waals surface area contributed by atoms with Gasteiger partial charge in [-0.3, -0.25) is 0 Å². The number of benzene rings is 1. The molecule has 0 amide bonds. The molecule has 136 valence electrons. The number of phenols is 1. The Morgan fingerprint density at radius 2 is 1.96 bits per heavy atom. The number of ether oxygens (including phenoxy) is 1. The second-order valence-corrected chi connectivity index (χ2v) is 7.15. The maximum Gasteiger partial charge on any atom is 0.340 e. The third-order valence-corrected chi connectivity index (χ3v) is 4.82. The van der Waals surface area contributed by atoms with Gasteiger partial charge in [-0.1, -0.05) is 30.2 Å². The Kier molecular flexibility index (Phi) is 6.29. The lowest BCUT2D eigenvalue weighted by Gasteiger charge is -2.21.